The third kappa shape index (κ3) is 1.07. The number of hydrogen-bond acceptors (Lipinski definition) is 1. The lowest BCUT2D eigenvalue weighted by atomic mass is 9.70. The van der Waals surface area contributed by atoms with Gasteiger partial charge in [0.15, 0.2) is 0 Å². The average Bonchev–Trinajstić information content (AvgIpc) is 2.60. The minimum absolute atomic E-state index is 0.768. The van der Waals surface area contributed by atoms with E-state index in [1.807, 2.05) is 0 Å². The second kappa shape index (κ2) is 2.95. The van der Waals surface area contributed by atoms with Gasteiger partial charge >= 0.3 is 0 Å². The molecular formula is C11H15N. The predicted molar refractivity (Wildman–Crippen MR) is 50.6 cm³/mol. The van der Waals surface area contributed by atoms with E-state index in [2.05, 4.69) is 24.2 Å². The summed E-state index contributed by atoms with van der Waals surface area (Å²) in [4.78, 5) is 0. The molecule has 0 radical (unpaired) electrons. The standard InChI is InChI=1S/C11H15N/c1-3-4-5-8(2)11-9-6-10(11)12-7-9/h1,5,9-12H,4,6-7H2,2H3/b8-5+. The molecule has 1 N–H and O–H groups in total. The molecule has 12 heavy (non-hydrogen) atoms. The van der Waals surface area contributed by atoms with Crippen molar-refractivity contribution in [1.29, 1.82) is 0 Å². The highest BCUT2D eigenvalue weighted by Crippen LogP contribution is 2.44. The van der Waals surface area contributed by atoms with E-state index in [4.69, 9.17) is 6.42 Å². The first-order valence-electron chi connectivity index (χ1n) is 4.66. The predicted octanol–water partition coefficient (Wildman–Crippen LogP) is 1.56. The van der Waals surface area contributed by atoms with E-state index >= 15 is 0 Å². The number of allylic oxidation sites excluding steroid dienone is 1. The van der Waals surface area contributed by atoms with Gasteiger partial charge in [-0.05, 0) is 31.7 Å². The van der Waals surface area contributed by atoms with Gasteiger partial charge in [-0.2, -0.15) is 0 Å². The molecule has 0 aromatic rings. The number of fused-ring (bicyclic) bond motifs is 1. The Hall–Kier alpha value is -0.740. The summed E-state index contributed by atoms with van der Waals surface area (Å²) in [5, 5.41) is 3.51. The fourth-order valence-corrected chi connectivity index (χ4v) is 2.52. The van der Waals surface area contributed by atoms with Gasteiger partial charge in [-0.1, -0.05) is 11.6 Å². The van der Waals surface area contributed by atoms with Gasteiger partial charge in [0.1, 0.15) is 0 Å². The Morgan fingerprint density at radius 3 is 3.08 bits per heavy atom. The molecule has 3 rings (SSSR count). The fraction of sp³-hybridized carbons (Fsp3) is 0.636. The summed E-state index contributed by atoms with van der Waals surface area (Å²) < 4.78 is 0. The van der Waals surface area contributed by atoms with E-state index < -0.39 is 0 Å². The molecule has 2 heterocycles. The number of hydrogen-bond donors (Lipinski definition) is 1. The van der Waals surface area contributed by atoms with E-state index in [0.717, 1.165) is 24.3 Å². The highest BCUT2D eigenvalue weighted by molar-refractivity contribution is 5.20. The molecule has 0 amide bonds. The molecule has 1 aliphatic carbocycles. The van der Waals surface area contributed by atoms with Crippen molar-refractivity contribution in [3.05, 3.63) is 11.6 Å². The van der Waals surface area contributed by atoms with Crippen LogP contribution in [0.2, 0.25) is 0 Å². The maximum atomic E-state index is 5.21. The summed E-state index contributed by atoms with van der Waals surface area (Å²) in [5.74, 6) is 4.37. The van der Waals surface area contributed by atoms with Crippen molar-refractivity contribution in [1.82, 2.24) is 5.32 Å². The first-order chi connectivity index (χ1) is 5.83. The third-order valence-electron chi connectivity index (χ3n) is 3.21. The molecule has 2 saturated heterocycles. The minimum atomic E-state index is 0.768. The fourth-order valence-electron chi connectivity index (χ4n) is 2.52. The van der Waals surface area contributed by atoms with Crippen molar-refractivity contribution in [2.75, 3.05) is 6.54 Å². The molecule has 2 aliphatic heterocycles. The summed E-state index contributed by atoms with van der Waals surface area (Å²) in [6.45, 7) is 3.44. The molecule has 0 aromatic carbocycles. The van der Waals surface area contributed by atoms with Crippen molar-refractivity contribution < 1.29 is 0 Å². The van der Waals surface area contributed by atoms with Crippen LogP contribution >= 0.6 is 0 Å². The Bertz CT molecular complexity index is 232. The topological polar surface area (TPSA) is 12.0 Å². The molecule has 0 aromatic heterocycles. The second-order valence-corrected chi connectivity index (χ2v) is 3.89. The van der Waals surface area contributed by atoms with E-state index in [9.17, 15) is 0 Å². The van der Waals surface area contributed by atoms with Crippen molar-refractivity contribution >= 4 is 0 Å². The Morgan fingerprint density at radius 1 is 1.75 bits per heavy atom. The molecule has 0 spiro atoms. The number of terminal acetylenes is 1. The Morgan fingerprint density at radius 2 is 2.58 bits per heavy atom. The number of nitrogens with one attached hydrogen (secondary N) is 1. The molecule has 3 fully saturated rings. The van der Waals surface area contributed by atoms with Crippen LogP contribution in [0.1, 0.15) is 19.8 Å². The van der Waals surface area contributed by atoms with Crippen LogP contribution in [0, 0.1) is 24.2 Å². The zero-order valence-electron chi connectivity index (χ0n) is 7.51. The van der Waals surface area contributed by atoms with E-state index in [1.54, 1.807) is 0 Å². The van der Waals surface area contributed by atoms with Gasteiger partial charge in [0.2, 0.25) is 0 Å². The Kier molecular flexibility index (Phi) is 1.94. The smallest absolute Gasteiger partial charge is 0.0269 e. The second-order valence-electron chi connectivity index (χ2n) is 3.89. The summed E-state index contributed by atoms with van der Waals surface area (Å²) in [7, 11) is 0. The zero-order chi connectivity index (χ0) is 8.55. The van der Waals surface area contributed by atoms with Crippen LogP contribution in [-0.2, 0) is 0 Å². The number of rotatable bonds is 2. The van der Waals surface area contributed by atoms with E-state index in [-0.39, 0.29) is 0 Å². The van der Waals surface area contributed by atoms with Crippen LogP contribution in [-0.4, -0.2) is 12.6 Å². The van der Waals surface area contributed by atoms with E-state index in [1.165, 1.54) is 18.5 Å². The van der Waals surface area contributed by atoms with Gasteiger partial charge in [-0.15, -0.1) is 12.3 Å². The molecule has 1 heteroatoms. The molecule has 3 unspecified atom stereocenters. The molecule has 2 bridgehead atoms. The Balaban J connectivity index is 1.98. The molecule has 64 valence electrons. The van der Waals surface area contributed by atoms with Crippen molar-refractivity contribution in [3.63, 3.8) is 0 Å². The zero-order valence-corrected chi connectivity index (χ0v) is 7.51. The maximum Gasteiger partial charge on any atom is 0.0269 e. The monoisotopic (exact) mass is 161 g/mol. The highest BCUT2D eigenvalue weighted by atomic mass is 15.0. The van der Waals surface area contributed by atoms with Crippen molar-refractivity contribution in [2.24, 2.45) is 11.8 Å². The third-order valence-corrected chi connectivity index (χ3v) is 3.21. The molecule has 1 nitrogen and oxygen atoms in total. The first kappa shape index (κ1) is 7.89. The van der Waals surface area contributed by atoms with Crippen LogP contribution in [0.4, 0.5) is 0 Å². The van der Waals surface area contributed by atoms with Crippen LogP contribution in [0.5, 0.6) is 0 Å². The summed E-state index contributed by atoms with van der Waals surface area (Å²) in [6, 6.07) is 0.768. The van der Waals surface area contributed by atoms with Gasteiger partial charge < -0.3 is 5.32 Å². The maximum absolute atomic E-state index is 5.21. The highest BCUT2D eigenvalue weighted by Gasteiger charge is 2.46. The summed E-state index contributed by atoms with van der Waals surface area (Å²) in [5.41, 5.74) is 1.50. The lowest BCUT2D eigenvalue weighted by Crippen LogP contribution is -2.37. The van der Waals surface area contributed by atoms with Crippen LogP contribution in [0.15, 0.2) is 11.6 Å². The molecule has 1 saturated carbocycles. The Labute approximate surface area is 74.2 Å². The normalized spacial score (nSPS) is 39.0. The van der Waals surface area contributed by atoms with Gasteiger partial charge in [-0.25, -0.2) is 0 Å². The van der Waals surface area contributed by atoms with Crippen molar-refractivity contribution in [3.8, 4) is 12.3 Å². The lowest BCUT2D eigenvalue weighted by Gasteiger charge is -2.35. The molecule has 3 aliphatic rings. The van der Waals surface area contributed by atoms with Crippen molar-refractivity contribution in [2.45, 2.75) is 25.8 Å². The lowest BCUT2D eigenvalue weighted by molar-refractivity contribution is 0.258. The minimum Gasteiger partial charge on any atom is -0.313 e. The van der Waals surface area contributed by atoms with Gasteiger partial charge in [0.25, 0.3) is 0 Å². The van der Waals surface area contributed by atoms with Crippen LogP contribution in [0.3, 0.4) is 0 Å². The summed E-state index contributed by atoms with van der Waals surface area (Å²) >= 11 is 0. The van der Waals surface area contributed by atoms with Gasteiger partial charge in [0.05, 0.1) is 0 Å². The van der Waals surface area contributed by atoms with Crippen LogP contribution < -0.4 is 5.32 Å². The van der Waals surface area contributed by atoms with Gasteiger partial charge in [-0.3, -0.25) is 0 Å². The largest absolute Gasteiger partial charge is 0.313 e. The summed E-state index contributed by atoms with van der Waals surface area (Å²) in [6.07, 6.45) is 9.59. The average molecular weight is 161 g/mol. The first-order valence-corrected chi connectivity index (χ1v) is 4.66. The molecule has 3 atom stereocenters. The van der Waals surface area contributed by atoms with E-state index in [0.29, 0.717) is 0 Å². The van der Waals surface area contributed by atoms with Gasteiger partial charge in [0, 0.05) is 12.5 Å². The molecular weight excluding hydrogens is 146 g/mol. The SMILES string of the molecule is C#CC/C=C(\C)C1C2CNC1C2. The van der Waals surface area contributed by atoms with Crippen LogP contribution in [0.25, 0.3) is 0 Å². The quantitative estimate of drug-likeness (QED) is 0.479.